The van der Waals surface area contributed by atoms with Crippen LogP contribution < -0.4 is 10.6 Å². The third kappa shape index (κ3) is 5.46. The molecule has 3 N–H and O–H groups in total. The van der Waals surface area contributed by atoms with Crippen LogP contribution in [0.3, 0.4) is 0 Å². The van der Waals surface area contributed by atoms with Gasteiger partial charge in [0.05, 0.1) is 6.04 Å². The van der Waals surface area contributed by atoms with Gasteiger partial charge < -0.3 is 20.5 Å². The molecule has 0 radical (unpaired) electrons. The van der Waals surface area contributed by atoms with Crippen molar-refractivity contribution in [2.75, 3.05) is 0 Å². The molecule has 0 spiro atoms. The van der Waals surface area contributed by atoms with Crippen molar-refractivity contribution >= 4 is 12.0 Å². The fourth-order valence-corrected chi connectivity index (χ4v) is 2.97. The first kappa shape index (κ1) is 17.7. The predicted molar refractivity (Wildman–Crippen MR) is 92.7 cm³/mol. The van der Waals surface area contributed by atoms with Crippen LogP contribution in [0.2, 0.25) is 0 Å². The lowest BCUT2D eigenvalue weighted by Crippen LogP contribution is -2.52. The minimum Gasteiger partial charge on any atom is -0.445 e. The molecule has 0 unspecified atom stereocenters. The highest BCUT2D eigenvalue weighted by Gasteiger charge is 2.34. The second-order valence-corrected chi connectivity index (χ2v) is 7.07. The number of benzene rings is 1. The van der Waals surface area contributed by atoms with Gasteiger partial charge in [-0.1, -0.05) is 49.6 Å². The molecule has 6 heteroatoms. The van der Waals surface area contributed by atoms with E-state index in [1.54, 1.807) is 0 Å². The molecule has 2 amide bonds. The van der Waals surface area contributed by atoms with Gasteiger partial charge in [0.25, 0.3) is 5.91 Å². The Morgan fingerprint density at radius 1 is 1.16 bits per heavy atom. The van der Waals surface area contributed by atoms with Gasteiger partial charge in [0, 0.05) is 6.04 Å². The molecule has 0 bridgehead atoms. The minimum atomic E-state index is -1.24. The maximum atomic E-state index is 12.1. The lowest BCUT2D eigenvalue weighted by Gasteiger charge is -2.31. The van der Waals surface area contributed by atoms with Crippen molar-refractivity contribution < 1.29 is 19.4 Å². The number of hydrogen-bond acceptors (Lipinski definition) is 4. The average molecular weight is 346 g/mol. The highest BCUT2D eigenvalue weighted by Crippen LogP contribution is 2.31. The van der Waals surface area contributed by atoms with Gasteiger partial charge in [-0.25, -0.2) is 4.79 Å². The topological polar surface area (TPSA) is 87.7 Å². The largest absolute Gasteiger partial charge is 0.445 e. The minimum absolute atomic E-state index is 0.160. The highest BCUT2D eigenvalue weighted by atomic mass is 16.5. The number of aliphatic hydroxyl groups is 1. The number of nitrogens with one attached hydrogen (secondary N) is 2. The number of aliphatic hydroxyl groups excluding tert-OH is 1. The summed E-state index contributed by atoms with van der Waals surface area (Å²) >= 11 is 0. The molecule has 6 nitrogen and oxygen atoms in total. The molecule has 2 aliphatic rings. The van der Waals surface area contributed by atoms with Crippen molar-refractivity contribution in [2.45, 2.75) is 63.3 Å². The second-order valence-electron chi connectivity index (χ2n) is 7.07. The van der Waals surface area contributed by atoms with E-state index >= 15 is 0 Å². The highest BCUT2D eigenvalue weighted by molar-refractivity contribution is 5.82. The molecule has 2 fully saturated rings. The summed E-state index contributed by atoms with van der Waals surface area (Å²) in [6.07, 6.45) is 3.98. The second kappa shape index (κ2) is 8.34. The van der Waals surface area contributed by atoms with E-state index in [9.17, 15) is 14.7 Å². The van der Waals surface area contributed by atoms with Crippen LogP contribution in [0.1, 0.15) is 44.1 Å². The van der Waals surface area contributed by atoms with Gasteiger partial charge in [-0.3, -0.25) is 4.79 Å². The normalized spacial score (nSPS) is 19.4. The zero-order valence-corrected chi connectivity index (χ0v) is 14.3. The van der Waals surface area contributed by atoms with Crippen LogP contribution in [0.4, 0.5) is 4.79 Å². The number of hydrogen-bond donors (Lipinski definition) is 3. The number of rotatable bonds is 8. The zero-order valence-electron chi connectivity index (χ0n) is 14.3. The lowest BCUT2D eigenvalue weighted by atomic mass is 9.80. The van der Waals surface area contributed by atoms with Crippen molar-refractivity contribution in [2.24, 2.45) is 5.92 Å². The number of carbonyl (C=O) groups excluding carboxylic acids is 2. The third-order valence-electron chi connectivity index (χ3n) is 4.90. The fourth-order valence-electron chi connectivity index (χ4n) is 2.97. The van der Waals surface area contributed by atoms with Gasteiger partial charge in [-0.15, -0.1) is 0 Å². The molecular weight excluding hydrogens is 320 g/mol. The van der Waals surface area contributed by atoms with E-state index in [4.69, 9.17) is 4.74 Å². The van der Waals surface area contributed by atoms with E-state index in [1.165, 1.54) is 6.42 Å². The molecule has 136 valence electrons. The number of carbonyl (C=O) groups is 2. The molecule has 0 aliphatic heterocycles. The molecule has 25 heavy (non-hydrogen) atoms. The molecule has 2 aliphatic carbocycles. The Labute approximate surface area is 147 Å². The van der Waals surface area contributed by atoms with Crippen LogP contribution in [-0.4, -0.2) is 35.3 Å². The zero-order chi connectivity index (χ0) is 17.6. The molecule has 2 saturated carbocycles. The fraction of sp³-hybridized carbons (Fsp3) is 0.579. The van der Waals surface area contributed by atoms with Crippen LogP contribution in [0.15, 0.2) is 30.3 Å². The van der Waals surface area contributed by atoms with Crippen molar-refractivity contribution in [3.8, 4) is 0 Å². The molecule has 0 heterocycles. The van der Waals surface area contributed by atoms with Crippen LogP contribution in [0, 0.1) is 5.92 Å². The number of ether oxygens (including phenoxy) is 1. The van der Waals surface area contributed by atoms with Crippen molar-refractivity contribution in [1.29, 1.82) is 0 Å². The summed E-state index contributed by atoms with van der Waals surface area (Å²) in [6, 6.07) is 8.95. The summed E-state index contributed by atoms with van der Waals surface area (Å²) in [6.45, 7) is 0.160. The Morgan fingerprint density at radius 2 is 1.88 bits per heavy atom. The van der Waals surface area contributed by atoms with Crippen LogP contribution in [0.25, 0.3) is 0 Å². The molecular formula is C19H26N2O4. The molecule has 1 aromatic rings. The number of amides is 2. The van der Waals surface area contributed by atoms with Gasteiger partial charge in [-0.05, 0) is 30.7 Å². The summed E-state index contributed by atoms with van der Waals surface area (Å²) in [5, 5.41) is 15.9. The molecule has 0 aromatic heterocycles. The van der Waals surface area contributed by atoms with Crippen molar-refractivity contribution in [1.82, 2.24) is 10.6 Å². The van der Waals surface area contributed by atoms with Crippen LogP contribution in [-0.2, 0) is 16.1 Å². The predicted octanol–water partition coefficient (Wildman–Crippen LogP) is 2.11. The van der Waals surface area contributed by atoms with Gasteiger partial charge in [0.2, 0.25) is 0 Å². The Bertz CT molecular complexity index is 584. The van der Waals surface area contributed by atoms with Gasteiger partial charge in [0.15, 0.2) is 6.10 Å². The van der Waals surface area contributed by atoms with E-state index in [0.717, 1.165) is 31.2 Å². The molecule has 1 aromatic carbocycles. The number of alkyl carbamates (subject to hydrolysis) is 1. The Kier molecular flexibility index (Phi) is 5.91. The first-order valence-electron chi connectivity index (χ1n) is 9.07. The SMILES string of the molecule is O=C(N[C@H](CC1CCC1)[C@@H](O)C(=O)NC1CC1)OCc1ccccc1. The molecule has 3 rings (SSSR count). The monoisotopic (exact) mass is 346 g/mol. The molecule has 0 saturated heterocycles. The maximum Gasteiger partial charge on any atom is 0.407 e. The van der Waals surface area contributed by atoms with E-state index in [-0.39, 0.29) is 12.6 Å². The van der Waals surface area contributed by atoms with Gasteiger partial charge in [0.1, 0.15) is 6.61 Å². The quantitative estimate of drug-likeness (QED) is 0.673. The standard InChI is InChI=1S/C19H26N2O4/c22-17(18(23)20-15-9-10-15)16(11-13-7-4-8-13)21-19(24)25-12-14-5-2-1-3-6-14/h1-3,5-6,13,15-17,22H,4,7-12H2,(H,20,23)(H,21,24)/t16-,17-/m1/s1. The van der Waals surface area contributed by atoms with Gasteiger partial charge in [-0.2, -0.15) is 0 Å². The van der Waals surface area contributed by atoms with Crippen LogP contribution >= 0.6 is 0 Å². The summed E-state index contributed by atoms with van der Waals surface area (Å²) < 4.78 is 5.22. The Morgan fingerprint density at radius 3 is 2.48 bits per heavy atom. The first-order chi connectivity index (χ1) is 12.1. The summed E-state index contributed by atoms with van der Waals surface area (Å²) in [5.74, 6) is 0.0398. The van der Waals surface area contributed by atoms with E-state index in [2.05, 4.69) is 10.6 Å². The van der Waals surface area contributed by atoms with Gasteiger partial charge >= 0.3 is 6.09 Å². The van der Waals surface area contributed by atoms with Crippen molar-refractivity contribution in [3.05, 3.63) is 35.9 Å². The summed E-state index contributed by atoms with van der Waals surface area (Å²) in [7, 11) is 0. The van der Waals surface area contributed by atoms with E-state index < -0.39 is 24.1 Å². The summed E-state index contributed by atoms with van der Waals surface area (Å²) in [4.78, 5) is 24.2. The third-order valence-corrected chi connectivity index (χ3v) is 4.90. The summed E-state index contributed by atoms with van der Waals surface area (Å²) in [5.41, 5.74) is 0.889. The van der Waals surface area contributed by atoms with Crippen LogP contribution in [0.5, 0.6) is 0 Å². The smallest absolute Gasteiger partial charge is 0.407 e. The van der Waals surface area contributed by atoms with Crippen molar-refractivity contribution in [3.63, 3.8) is 0 Å². The maximum absolute atomic E-state index is 12.1. The average Bonchev–Trinajstić information content (AvgIpc) is 3.39. The first-order valence-corrected chi connectivity index (χ1v) is 9.07. The lowest BCUT2D eigenvalue weighted by molar-refractivity contribution is -0.131. The van der Waals surface area contributed by atoms with E-state index in [0.29, 0.717) is 12.3 Å². The Balaban J connectivity index is 1.52. The Hall–Kier alpha value is -2.08. The van der Waals surface area contributed by atoms with E-state index in [1.807, 2.05) is 30.3 Å². The molecule has 2 atom stereocenters.